The minimum atomic E-state index is -0.459. The van der Waals surface area contributed by atoms with E-state index in [-0.39, 0.29) is 11.3 Å². The standard InChI is InChI=1S/C10H10FNO/c11-9-6-12-5-4-8(9)10(13)7-2-1-3-7/h4-6,13H,1-3H2. The zero-order valence-electron chi connectivity index (χ0n) is 7.13. The summed E-state index contributed by atoms with van der Waals surface area (Å²) in [5, 5.41) is 9.63. The second-order valence-electron chi connectivity index (χ2n) is 3.16. The Bertz CT molecular complexity index is 354. The van der Waals surface area contributed by atoms with Gasteiger partial charge in [-0.15, -0.1) is 0 Å². The maximum Gasteiger partial charge on any atom is 0.152 e. The van der Waals surface area contributed by atoms with E-state index in [1.807, 2.05) is 0 Å². The third kappa shape index (κ3) is 1.41. The maximum absolute atomic E-state index is 13.1. The van der Waals surface area contributed by atoms with Crippen molar-refractivity contribution in [1.29, 1.82) is 0 Å². The summed E-state index contributed by atoms with van der Waals surface area (Å²) in [6.45, 7) is 0. The number of pyridine rings is 1. The summed E-state index contributed by atoms with van der Waals surface area (Å²) in [5.74, 6) is -0.356. The van der Waals surface area contributed by atoms with Crippen LogP contribution in [0.5, 0.6) is 0 Å². The number of aliphatic hydroxyl groups is 1. The number of halogens is 1. The lowest BCUT2D eigenvalue weighted by Gasteiger charge is -2.18. The molecule has 1 aliphatic carbocycles. The van der Waals surface area contributed by atoms with Crippen molar-refractivity contribution in [3.63, 3.8) is 0 Å². The van der Waals surface area contributed by atoms with Crippen molar-refractivity contribution in [1.82, 2.24) is 4.98 Å². The van der Waals surface area contributed by atoms with Crippen LogP contribution in [0.3, 0.4) is 0 Å². The maximum atomic E-state index is 13.1. The lowest BCUT2D eigenvalue weighted by atomic mass is 9.89. The first-order valence-electron chi connectivity index (χ1n) is 4.30. The van der Waals surface area contributed by atoms with Crippen LogP contribution in [-0.4, -0.2) is 10.1 Å². The largest absolute Gasteiger partial charge is 0.507 e. The van der Waals surface area contributed by atoms with E-state index in [0.29, 0.717) is 0 Å². The van der Waals surface area contributed by atoms with Gasteiger partial charge in [0.2, 0.25) is 0 Å². The number of hydrogen-bond donors (Lipinski definition) is 1. The second kappa shape index (κ2) is 3.17. The van der Waals surface area contributed by atoms with Gasteiger partial charge in [0.05, 0.1) is 11.8 Å². The van der Waals surface area contributed by atoms with Crippen LogP contribution in [0.4, 0.5) is 4.39 Å². The van der Waals surface area contributed by atoms with Crippen LogP contribution in [0.1, 0.15) is 24.8 Å². The van der Waals surface area contributed by atoms with Crippen molar-refractivity contribution >= 4 is 5.76 Å². The minimum absolute atomic E-state index is 0.103. The average Bonchev–Trinajstić information content (AvgIpc) is 2.01. The van der Waals surface area contributed by atoms with E-state index >= 15 is 0 Å². The molecule has 0 saturated heterocycles. The molecule has 1 fully saturated rings. The molecule has 1 aromatic rings. The molecule has 0 aromatic carbocycles. The van der Waals surface area contributed by atoms with Crippen LogP contribution in [0.25, 0.3) is 5.76 Å². The summed E-state index contributed by atoms with van der Waals surface area (Å²) in [5.41, 5.74) is 1.22. The van der Waals surface area contributed by atoms with Crippen molar-refractivity contribution in [3.05, 3.63) is 35.4 Å². The highest BCUT2D eigenvalue weighted by atomic mass is 19.1. The first-order chi connectivity index (χ1) is 6.29. The van der Waals surface area contributed by atoms with E-state index in [4.69, 9.17) is 0 Å². The third-order valence-corrected chi connectivity index (χ3v) is 2.32. The first kappa shape index (κ1) is 8.23. The molecule has 1 saturated carbocycles. The van der Waals surface area contributed by atoms with E-state index in [1.54, 1.807) is 0 Å². The van der Waals surface area contributed by atoms with Gasteiger partial charge in [-0.2, -0.15) is 0 Å². The molecule has 0 spiro atoms. The zero-order chi connectivity index (χ0) is 9.26. The fraction of sp³-hybridized carbons (Fsp3) is 0.300. The summed E-state index contributed by atoms with van der Waals surface area (Å²) < 4.78 is 13.1. The molecule has 2 nitrogen and oxygen atoms in total. The Kier molecular flexibility index (Phi) is 2.00. The number of aliphatic hydroxyl groups excluding tert-OH is 1. The van der Waals surface area contributed by atoms with Crippen molar-refractivity contribution in [3.8, 4) is 0 Å². The predicted octanol–water partition coefficient (Wildman–Crippen LogP) is 2.67. The van der Waals surface area contributed by atoms with Crippen LogP contribution in [0.15, 0.2) is 24.0 Å². The summed E-state index contributed by atoms with van der Waals surface area (Å²) in [4.78, 5) is 3.62. The fourth-order valence-electron chi connectivity index (χ4n) is 1.35. The summed E-state index contributed by atoms with van der Waals surface area (Å²) >= 11 is 0. The van der Waals surface area contributed by atoms with Gasteiger partial charge in [0.15, 0.2) is 5.82 Å². The number of allylic oxidation sites excluding steroid dienone is 1. The first-order valence-corrected chi connectivity index (χ1v) is 4.30. The molecule has 1 N–H and O–H groups in total. The molecule has 0 atom stereocenters. The molecule has 0 amide bonds. The molecule has 1 heterocycles. The molecule has 3 heteroatoms. The highest BCUT2D eigenvalue weighted by molar-refractivity contribution is 5.62. The third-order valence-electron chi connectivity index (χ3n) is 2.32. The van der Waals surface area contributed by atoms with E-state index in [1.165, 1.54) is 12.3 Å². The lowest BCUT2D eigenvalue weighted by molar-refractivity contribution is 0.478. The molecule has 0 aliphatic heterocycles. The normalized spacial score (nSPS) is 15.3. The van der Waals surface area contributed by atoms with Crippen LogP contribution >= 0.6 is 0 Å². The second-order valence-corrected chi connectivity index (χ2v) is 3.16. The van der Waals surface area contributed by atoms with Crippen molar-refractivity contribution in [2.24, 2.45) is 0 Å². The summed E-state index contributed by atoms with van der Waals surface area (Å²) in [7, 11) is 0. The molecule has 0 bridgehead atoms. The molecule has 1 aliphatic rings. The Labute approximate surface area is 75.7 Å². The van der Waals surface area contributed by atoms with Crippen LogP contribution < -0.4 is 0 Å². The van der Waals surface area contributed by atoms with Gasteiger partial charge in [0.1, 0.15) is 5.76 Å². The predicted molar refractivity (Wildman–Crippen MR) is 47.6 cm³/mol. The topological polar surface area (TPSA) is 33.1 Å². The fourth-order valence-corrected chi connectivity index (χ4v) is 1.35. The number of aromatic nitrogens is 1. The molecular weight excluding hydrogens is 169 g/mol. The summed E-state index contributed by atoms with van der Waals surface area (Å²) in [6, 6.07) is 1.50. The van der Waals surface area contributed by atoms with Crippen LogP contribution in [-0.2, 0) is 0 Å². The Morgan fingerprint density at radius 3 is 2.77 bits per heavy atom. The van der Waals surface area contributed by atoms with Gasteiger partial charge in [0.25, 0.3) is 0 Å². The number of rotatable bonds is 1. The smallest absolute Gasteiger partial charge is 0.152 e. The quantitative estimate of drug-likeness (QED) is 0.672. The molecule has 0 radical (unpaired) electrons. The highest BCUT2D eigenvalue weighted by Gasteiger charge is 2.17. The van der Waals surface area contributed by atoms with Gasteiger partial charge < -0.3 is 5.11 Å². The SMILES string of the molecule is OC(=C1CCC1)c1ccncc1F. The van der Waals surface area contributed by atoms with Crippen molar-refractivity contribution in [2.75, 3.05) is 0 Å². The summed E-state index contributed by atoms with van der Waals surface area (Å²) in [6.07, 6.45) is 5.45. The number of nitrogens with zero attached hydrogens (tertiary/aromatic N) is 1. The number of hydrogen-bond acceptors (Lipinski definition) is 2. The average molecular weight is 179 g/mol. The zero-order valence-corrected chi connectivity index (χ0v) is 7.13. The van der Waals surface area contributed by atoms with E-state index in [9.17, 15) is 9.50 Å². The Hall–Kier alpha value is -1.38. The van der Waals surface area contributed by atoms with Crippen LogP contribution in [0, 0.1) is 5.82 Å². The molecule has 0 unspecified atom stereocenters. The van der Waals surface area contributed by atoms with Gasteiger partial charge in [-0.25, -0.2) is 4.39 Å². The van der Waals surface area contributed by atoms with Crippen molar-refractivity contribution in [2.45, 2.75) is 19.3 Å². The molecule has 13 heavy (non-hydrogen) atoms. The van der Waals surface area contributed by atoms with Crippen LogP contribution in [0.2, 0.25) is 0 Å². The van der Waals surface area contributed by atoms with Gasteiger partial charge in [-0.3, -0.25) is 4.98 Å². The van der Waals surface area contributed by atoms with Gasteiger partial charge in [-0.1, -0.05) is 0 Å². The van der Waals surface area contributed by atoms with E-state index in [2.05, 4.69) is 4.98 Å². The Morgan fingerprint density at radius 1 is 1.46 bits per heavy atom. The molecule has 2 rings (SSSR count). The Balaban J connectivity index is 2.40. The monoisotopic (exact) mass is 179 g/mol. The van der Waals surface area contributed by atoms with Gasteiger partial charge in [0, 0.05) is 6.20 Å². The lowest BCUT2D eigenvalue weighted by Crippen LogP contribution is -2.02. The molecular formula is C10H10FNO. The van der Waals surface area contributed by atoms with Crippen molar-refractivity contribution < 1.29 is 9.50 Å². The van der Waals surface area contributed by atoms with E-state index < -0.39 is 5.82 Å². The molecule has 68 valence electrons. The highest BCUT2D eigenvalue weighted by Crippen LogP contribution is 2.32. The van der Waals surface area contributed by atoms with Gasteiger partial charge >= 0.3 is 0 Å². The van der Waals surface area contributed by atoms with E-state index in [0.717, 1.165) is 31.0 Å². The molecule has 1 aromatic heterocycles. The minimum Gasteiger partial charge on any atom is -0.507 e. The van der Waals surface area contributed by atoms with Gasteiger partial charge in [-0.05, 0) is 30.9 Å². The Morgan fingerprint density at radius 2 is 2.23 bits per heavy atom.